The van der Waals surface area contributed by atoms with Crippen LogP contribution in [0.3, 0.4) is 0 Å². The van der Waals surface area contributed by atoms with E-state index in [2.05, 4.69) is 11.9 Å². The molecule has 3 atom stereocenters. The number of hydrogen-bond donors (Lipinski definition) is 0. The molecule has 5 nitrogen and oxygen atoms in total. The standard InChI is InChI=1S/C20H30N2O3/c1-3-4-8-20(23)22-11-18-16(13-25-19(18)12-22)9-10-24-14-17-7-5-6-15(2)21-17/h5-7,16,18-19H,3-4,8-14H2,1-2H3/t16-,18-,19-/m0/s1. The summed E-state index contributed by atoms with van der Waals surface area (Å²) in [5.41, 5.74) is 2.00. The minimum Gasteiger partial charge on any atom is -0.376 e. The van der Waals surface area contributed by atoms with Crippen LogP contribution in [-0.2, 0) is 20.9 Å². The van der Waals surface area contributed by atoms with Gasteiger partial charge in [-0.3, -0.25) is 9.78 Å². The Hall–Kier alpha value is -1.46. The summed E-state index contributed by atoms with van der Waals surface area (Å²) >= 11 is 0. The number of aryl methyl sites for hydroxylation is 1. The molecule has 2 saturated heterocycles. The molecule has 25 heavy (non-hydrogen) atoms. The van der Waals surface area contributed by atoms with E-state index in [9.17, 15) is 4.79 Å². The second-order valence-corrected chi connectivity index (χ2v) is 7.31. The van der Waals surface area contributed by atoms with Gasteiger partial charge in [0, 0.05) is 37.7 Å². The molecule has 0 bridgehead atoms. The van der Waals surface area contributed by atoms with Crippen molar-refractivity contribution in [3.8, 4) is 0 Å². The van der Waals surface area contributed by atoms with Crippen LogP contribution in [0, 0.1) is 18.8 Å². The lowest BCUT2D eigenvalue weighted by atomic mass is 9.91. The Labute approximate surface area is 150 Å². The van der Waals surface area contributed by atoms with Crippen molar-refractivity contribution in [2.45, 2.75) is 52.2 Å². The summed E-state index contributed by atoms with van der Waals surface area (Å²) < 4.78 is 11.8. The van der Waals surface area contributed by atoms with Crippen molar-refractivity contribution in [2.24, 2.45) is 11.8 Å². The van der Waals surface area contributed by atoms with Gasteiger partial charge in [0.05, 0.1) is 25.0 Å². The van der Waals surface area contributed by atoms with Crippen molar-refractivity contribution in [3.63, 3.8) is 0 Å². The van der Waals surface area contributed by atoms with Gasteiger partial charge >= 0.3 is 0 Å². The Morgan fingerprint density at radius 2 is 2.28 bits per heavy atom. The lowest BCUT2D eigenvalue weighted by Crippen LogP contribution is -2.31. The molecular weight excluding hydrogens is 316 g/mol. The molecule has 0 spiro atoms. The van der Waals surface area contributed by atoms with E-state index in [4.69, 9.17) is 9.47 Å². The third-order valence-corrected chi connectivity index (χ3v) is 5.36. The zero-order chi connectivity index (χ0) is 17.6. The number of unbranched alkanes of at least 4 members (excludes halogenated alkanes) is 1. The van der Waals surface area contributed by atoms with Crippen LogP contribution in [0.4, 0.5) is 0 Å². The molecule has 5 heteroatoms. The van der Waals surface area contributed by atoms with Gasteiger partial charge in [-0.1, -0.05) is 19.4 Å². The number of carbonyl (C=O) groups excluding carboxylic acids is 1. The number of hydrogen-bond acceptors (Lipinski definition) is 4. The number of rotatable bonds is 8. The molecule has 0 aliphatic carbocycles. The average molecular weight is 346 g/mol. The molecule has 138 valence electrons. The number of fused-ring (bicyclic) bond motifs is 1. The van der Waals surface area contributed by atoms with Crippen molar-refractivity contribution in [1.82, 2.24) is 9.88 Å². The number of ether oxygens (including phenoxy) is 2. The van der Waals surface area contributed by atoms with E-state index in [-0.39, 0.29) is 6.10 Å². The van der Waals surface area contributed by atoms with Crippen molar-refractivity contribution in [2.75, 3.05) is 26.3 Å². The molecule has 0 N–H and O–H groups in total. The largest absolute Gasteiger partial charge is 0.376 e. The summed E-state index contributed by atoms with van der Waals surface area (Å²) in [5, 5.41) is 0. The number of nitrogens with zero attached hydrogens (tertiary/aromatic N) is 2. The maximum Gasteiger partial charge on any atom is 0.222 e. The normalized spacial score (nSPS) is 25.4. The highest BCUT2D eigenvalue weighted by Crippen LogP contribution is 2.35. The zero-order valence-corrected chi connectivity index (χ0v) is 15.4. The van der Waals surface area contributed by atoms with Crippen molar-refractivity contribution >= 4 is 5.91 Å². The van der Waals surface area contributed by atoms with E-state index >= 15 is 0 Å². The maximum absolute atomic E-state index is 12.2. The van der Waals surface area contributed by atoms with E-state index in [1.54, 1.807) is 0 Å². The van der Waals surface area contributed by atoms with Crippen LogP contribution in [0.5, 0.6) is 0 Å². The molecule has 0 saturated carbocycles. The molecular formula is C20H30N2O3. The van der Waals surface area contributed by atoms with Crippen LogP contribution in [0.15, 0.2) is 18.2 Å². The van der Waals surface area contributed by atoms with Gasteiger partial charge in [-0.2, -0.15) is 0 Å². The fourth-order valence-electron chi connectivity index (χ4n) is 3.88. The predicted octanol–water partition coefficient (Wildman–Crippen LogP) is 2.96. The molecule has 0 aromatic carbocycles. The molecule has 0 radical (unpaired) electrons. The SMILES string of the molecule is CCCCC(=O)N1C[C@H]2[C@@H](CCOCc3cccc(C)n3)CO[C@H]2C1. The second-order valence-electron chi connectivity index (χ2n) is 7.31. The summed E-state index contributed by atoms with van der Waals surface area (Å²) in [7, 11) is 0. The molecule has 3 heterocycles. The Morgan fingerprint density at radius 3 is 3.08 bits per heavy atom. The molecule has 2 aliphatic rings. The minimum absolute atomic E-state index is 0.231. The van der Waals surface area contributed by atoms with Crippen LogP contribution in [0.25, 0.3) is 0 Å². The predicted molar refractivity (Wildman–Crippen MR) is 96.1 cm³/mol. The first-order valence-corrected chi connectivity index (χ1v) is 9.57. The van der Waals surface area contributed by atoms with Crippen LogP contribution in [0.2, 0.25) is 0 Å². The van der Waals surface area contributed by atoms with Crippen LogP contribution < -0.4 is 0 Å². The molecule has 1 aromatic rings. The lowest BCUT2D eigenvalue weighted by molar-refractivity contribution is -0.131. The number of pyridine rings is 1. The van der Waals surface area contributed by atoms with Crippen molar-refractivity contribution in [3.05, 3.63) is 29.6 Å². The maximum atomic E-state index is 12.2. The number of carbonyl (C=O) groups is 1. The summed E-state index contributed by atoms with van der Waals surface area (Å²) in [6, 6.07) is 6.00. The quantitative estimate of drug-likeness (QED) is 0.679. The summed E-state index contributed by atoms with van der Waals surface area (Å²) in [5.74, 6) is 1.27. The average Bonchev–Trinajstić information content (AvgIpc) is 3.18. The highest BCUT2D eigenvalue weighted by atomic mass is 16.5. The van der Waals surface area contributed by atoms with E-state index in [0.717, 1.165) is 57.0 Å². The van der Waals surface area contributed by atoms with Gasteiger partial charge in [-0.05, 0) is 37.8 Å². The minimum atomic E-state index is 0.231. The van der Waals surface area contributed by atoms with E-state index in [1.165, 1.54) is 0 Å². The highest BCUT2D eigenvalue weighted by molar-refractivity contribution is 5.76. The fourth-order valence-corrected chi connectivity index (χ4v) is 3.88. The summed E-state index contributed by atoms with van der Waals surface area (Å²) in [4.78, 5) is 18.7. The summed E-state index contributed by atoms with van der Waals surface area (Å²) in [6.07, 6.45) is 3.94. The lowest BCUT2D eigenvalue weighted by Gasteiger charge is -2.20. The third kappa shape index (κ3) is 4.79. The number of aromatic nitrogens is 1. The zero-order valence-electron chi connectivity index (χ0n) is 15.4. The number of amides is 1. The van der Waals surface area contributed by atoms with Gasteiger partial charge in [0.25, 0.3) is 0 Å². The van der Waals surface area contributed by atoms with E-state index in [1.807, 2.05) is 30.0 Å². The first-order chi connectivity index (χ1) is 12.2. The molecule has 3 rings (SSSR count). The molecule has 1 aromatic heterocycles. The first-order valence-electron chi connectivity index (χ1n) is 9.57. The Balaban J connectivity index is 1.40. The second kappa shape index (κ2) is 8.77. The van der Waals surface area contributed by atoms with Gasteiger partial charge in [0.2, 0.25) is 5.91 Å². The Kier molecular flexibility index (Phi) is 6.43. The topological polar surface area (TPSA) is 51.7 Å². The van der Waals surface area contributed by atoms with Crippen molar-refractivity contribution < 1.29 is 14.3 Å². The van der Waals surface area contributed by atoms with Crippen LogP contribution >= 0.6 is 0 Å². The van der Waals surface area contributed by atoms with Gasteiger partial charge in [-0.15, -0.1) is 0 Å². The van der Waals surface area contributed by atoms with Gasteiger partial charge < -0.3 is 14.4 Å². The van der Waals surface area contributed by atoms with Crippen LogP contribution in [0.1, 0.15) is 44.0 Å². The fraction of sp³-hybridized carbons (Fsp3) is 0.700. The van der Waals surface area contributed by atoms with Gasteiger partial charge in [0.15, 0.2) is 0 Å². The smallest absolute Gasteiger partial charge is 0.222 e. The van der Waals surface area contributed by atoms with E-state index < -0.39 is 0 Å². The molecule has 2 aliphatic heterocycles. The van der Waals surface area contributed by atoms with Gasteiger partial charge in [0.1, 0.15) is 0 Å². The van der Waals surface area contributed by atoms with Crippen LogP contribution in [-0.4, -0.2) is 48.2 Å². The Bertz CT molecular complexity index is 578. The monoisotopic (exact) mass is 346 g/mol. The first kappa shape index (κ1) is 18.3. The summed E-state index contributed by atoms with van der Waals surface area (Å²) in [6.45, 7) is 7.83. The highest BCUT2D eigenvalue weighted by Gasteiger charge is 2.44. The molecule has 2 fully saturated rings. The third-order valence-electron chi connectivity index (χ3n) is 5.36. The van der Waals surface area contributed by atoms with Gasteiger partial charge in [-0.25, -0.2) is 0 Å². The van der Waals surface area contributed by atoms with Crippen molar-refractivity contribution in [1.29, 1.82) is 0 Å². The molecule has 0 unspecified atom stereocenters. The Morgan fingerprint density at radius 1 is 1.40 bits per heavy atom. The number of likely N-dealkylation sites (tertiary alicyclic amines) is 1. The van der Waals surface area contributed by atoms with E-state index in [0.29, 0.717) is 30.8 Å². The molecule has 1 amide bonds.